The maximum atomic E-state index is 12.5. The maximum absolute atomic E-state index is 12.5. The summed E-state index contributed by atoms with van der Waals surface area (Å²) in [5.74, 6) is 0.349. The van der Waals surface area contributed by atoms with Crippen molar-refractivity contribution < 1.29 is 23.8 Å². The average Bonchev–Trinajstić information content (AvgIpc) is 2.70. The molecule has 0 atom stereocenters. The van der Waals surface area contributed by atoms with Crippen molar-refractivity contribution in [2.75, 3.05) is 40.0 Å². The topological polar surface area (TPSA) is 65.1 Å². The summed E-state index contributed by atoms with van der Waals surface area (Å²) in [4.78, 5) is 25.5. The molecule has 0 aliphatic rings. The number of hydrogen-bond acceptors (Lipinski definition) is 5. The number of benzene rings is 1. The van der Waals surface area contributed by atoms with E-state index in [0.29, 0.717) is 32.9 Å². The van der Waals surface area contributed by atoms with Gasteiger partial charge in [-0.25, -0.2) is 0 Å². The standard InChI is InChI=1S/C21H31NO5/c1-4-16-27-19-10-7-18(8-11-19)9-12-20(23)22(14-6-17-26-5-2)15-13-21(24)25-3/h7-12H,4-6,13-17H2,1-3H3/b12-9+. The van der Waals surface area contributed by atoms with Crippen LogP contribution in [-0.2, 0) is 19.1 Å². The van der Waals surface area contributed by atoms with Crippen molar-refractivity contribution in [3.8, 4) is 5.75 Å². The summed E-state index contributed by atoms with van der Waals surface area (Å²) in [6.07, 6.45) is 5.15. The van der Waals surface area contributed by atoms with Crippen molar-refractivity contribution in [3.63, 3.8) is 0 Å². The van der Waals surface area contributed by atoms with E-state index in [0.717, 1.165) is 24.2 Å². The second-order valence-corrected chi connectivity index (χ2v) is 5.95. The lowest BCUT2D eigenvalue weighted by molar-refractivity contribution is -0.141. The van der Waals surface area contributed by atoms with Crippen molar-refractivity contribution >= 4 is 18.0 Å². The Balaban J connectivity index is 2.63. The number of carbonyl (C=O) groups is 2. The van der Waals surface area contributed by atoms with E-state index in [9.17, 15) is 9.59 Å². The zero-order valence-corrected chi connectivity index (χ0v) is 16.6. The molecular weight excluding hydrogens is 346 g/mol. The number of ether oxygens (including phenoxy) is 3. The van der Waals surface area contributed by atoms with Gasteiger partial charge in [-0.2, -0.15) is 0 Å². The van der Waals surface area contributed by atoms with Gasteiger partial charge in [-0.1, -0.05) is 19.1 Å². The summed E-state index contributed by atoms with van der Waals surface area (Å²) in [7, 11) is 1.34. The smallest absolute Gasteiger partial charge is 0.307 e. The first-order valence-corrected chi connectivity index (χ1v) is 9.45. The van der Waals surface area contributed by atoms with Crippen LogP contribution in [0.2, 0.25) is 0 Å². The second-order valence-electron chi connectivity index (χ2n) is 5.95. The molecule has 0 N–H and O–H groups in total. The molecule has 0 fully saturated rings. The lowest BCUT2D eigenvalue weighted by Gasteiger charge is -2.20. The third-order valence-electron chi connectivity index (χ3n) is 3.82. The Labute approximate surface area is 162 Å². The van der Waals surface area contributed by atoms with Gasteiger partial charge in [0.25, 0.3) is 0 Å². The van der Waals surface area contributed by atoms with Crippen LogP contribution < -0.4 is 4.74 Å². The fourth-order valence-electron chi connectivity index (χ4n) is 2.33. The number of esters is 1. The molecule has 0 radical (unpaired) electrons. The Morgan fingerprint density at radius 3 is 2.44 bits per heavy atom. The van der Waals surface area contributed by atoms with E-state index >= 15 is 0 Å². The molecule has 1 aromatic carbocycles. The first-order chi connectivity index (χ1) is 13.1. The fourth-order valence-corrected chi connectivity index (χ4v) is 2.33. The predicted octanol–water partition coefficient (Wildman–Crippen LogP) is 3.31. The van der Waals surface area contributed by atoms with Gasteiger partial charge < -0.3 is 19.1 Å². The van der Waals surface area contributed by atoms with Crippen LogP contribution >= 0.6 is 0 Å². The molecule has 0 heterocycles. The Morgan fingerprint density at radius 2 is 1.81 bits per heavy atom. The van der Waals surface area contributed by atoms with E-state index < -0.39 is 0 Å². The van der Waals surface area contributed by atoms with Crippen LogP contribution in [0, 0.1) is 0 Å². The molecular formula is C21H31NO5. The summed E-state index contributed by atoms with van der Waals surface area (Å²) in [5.41, 5.74) is 0.912. The highest BCUT2D eigenvalue weighted by atomic mass is 16.5. The Kier molecular flexibility index (Phi) is 11.6. The summed E-state index contributed by atoms with van der Waals surface area (Å²) < 4.78 is 15.5. The summed E-state index contributed by atoms with van der Waals surface area (Å²) in [6, 6.07) is 7.58. The second kappa shape index (κ2) is 13.8. The molecule has 150 valence electrons. The summed E-state index contributed by atoms with van der Waals surface area (Å²) in [6.45, 7) is 6.76. The molecule has 1 amide bonds. The van der Waals surface area contributed by atoms with Gasteiger partial charge in [0.05, 0.1) is 20.1 Å². The molecule has 0 aliphatic carbocycles. The number of nitrogens with zero attached hydrogens (tertiary/aromatic N) is 1. The minimum atomic E-state index is -0.329. The number of amides is 1. The minimum Gasteiger partial charge on any atom is -0.494 e. The Bertz CT molecular complexity index is 583. The van der Waals surface area contributed by atoms with Gasteiger partial charge in [0.2, 0.25) is 5.91 Å². The molecule has 0 bridgehead atoms. The molecule has 0 aliphatic heterocycles. The largest absolute Gasteiger partial charge is 0.494 e. The van der Waals surface area contributed by atoms with Crippen LogP contribution in [-0.4, -0.2) is 56.8 Å². The molecule has 1 rings (SSSR count). The molecule has 6 heteroatoms. The van der Waals surface area contributed by atoms with Gasteiger partial charge >= 0.3 is 5.97 Å². The summed E-state index contributed by atoms with van der Waals surface area (Å²) in [5, 5.41) is 0. The molecule has 0 unspecified atom stereocenters. The number of methoxy groups -OCH3 is 1. The van der Waals surface area contributed by atoms with Crippen LogP contribution in [0.15, 0.2) is 30.3 Å². The zero-order valence-electron chi connectivity index (χ0n) is 16.6. The molecule has 27 heavy (non-hydrogen) atoms. The van der Waals surface area contributed by atoms with Gasteiger partial charge in [-0.05, 0) is 43.5 Å². The first-order valence-electron chi connectivity index (χ1n) is 9.45. The van der Waals surface area contributed by atoms with Gasteiger partial charge in [0.1, 0.15) is 5.75 Å². The Morgan fingerprint density at radius 1 is 1.07 bits per heavy atom. The van der Waals surface area contributed by atoms with E-state index in [1.165, 1.54) is 13.2 Å². The van der Waals surface area contributed by atoms with E-state index in [-0.39, 0.29) is 18.3 Å². The highest BCUT2D eigenvalue weighted by Crippen LogP contribution is 2.13. The van der Waals surface area contributed by atoms with Gasteiger partial charge in [-0.3, -0.25) is 9.59 Å². The zero-order chi connectivity index (χ0) is 19.9. The molecule has 0 aromatic heterocycles. The SMILES string of the molecule is CCCOc1ccc(/C=C/C(=O)N(CCCOCC)CCC(=O)OC)cc1. The monoisotopic (exact) mass is 377 g/mol. The third-order valence-corrected chi connectivity index (χ3v) is 3.82. The highest BCUT2D eigenvalue weighted by Gasteiger charge is 2.12. The maximum Gasteiger partial charge on any atom is 0.307 e. The van der Waals surface area contributed by atoms with E-state index in [1.807, 2.05) is 31.2 Å². The predicted molar refractivity (Wildman–Crippen MR) is 106 cm³/mol. The quantitative estimate of drug-likeness (QED) is 0.300. The van der Waals surface area contributed by atoms with E-state index in [4.69, 9.17) is 9.47 Å². The molecule has 0 spiro atoms. The lowest BCUT2D eigenvalue weighted by Crippen LogP contribution is -2.33. The van der Waals surface area contributed by atoms with Gasteiger partial charge in [-0.15, -0.1) is 0 Å². The summed E-state index contributed by atoms with van der Waals surface area (Å²) >= 11 is 0. The van der Waals surface area contributed by atoms with Crippen molar-refractivity contribution in [2.24, 2.45) is 0 Å². The minimum absolute atomic E-state index is 0.137. The van der Waals surface area contributed by atoms with Crippen molar-refractivity contribution in [1.29, 1.82) is 0 Å². The molecule has 6 nitrogen and oxygen atoms in total. The van der Waals surface area contributed by atoms with Crippen LogP contribution in [0.3, 0.4) is 0 Å². The van der Waals surface area contributed by atoms with E-state index in [2.05, 4.69) is 11.7 Å². The van der Waals surface area contributed by atoms with Crippen LogP contribution in [0.5, 0.6) is 5.75 Å². The Hall–Kier alpha value is -2.34. The van der Waals surface area contributed by atoms with Crippen molar-refractivity contribution in [2.45, 2.75) is 33.1 Å². The van der Waals surface area contributed by atoms with Crippen molar-refractivity contribution in [3.05, 3.63) is 35.9 Å². The number of carbonyl (C=O) groups excluding carboxylic acids is 2. The fraction of sp³-hybridized carbons (Fsp3) is 0.524. The molecule has 0 saturated carbocycles. The molecule has 0 saturated heterocycles. The van der Waals surface area contributed by atoms with Crippen LogP contribution in [0.1, 0.15) is 38.7 Å². The first kappa shape index (κ1) is 22.7. The lowest BCUT2D eigenvalue weighted by atomic mass is 10.2. The molecule has 1 aromatic rings. The average molecular weight is 377 g/mol. The number of rotatable bonds is 13. The van der Waals surface area contributed by atoms with Gasteiger partial charge in [0.15, 0.2) is 0 Å². The van der Waals surface area contributed by atoms with E-state index in [1.54, 1.807) is 11.0 Å². The third kappa shape index (κ3) is 9.80. The highest BCUT2D eigenvalue weighted by molar-refractivity contribution is 5.92. The van der Waals surface area contributed by atoms with Crippen LogP contribution in [0.25, 0.3) is 6.08 Å². The van der Waals surface area contributed by atoms with Crippen molar-refractivity contribution in [1.82, 2.24) is 4.90 Å². The normalized spacial score (nSPS) is 10.8. The van der Waals surface area contributed by atoms with Crippen LogP contribution in [0.4, 0.5) is 0 Å². The van der Waals surface area contributed by atoms with Gasteiger partial charge in [0, 0.05) is 32.4 Å². The number of hydrogen-bond donors (Lipinski definition) is 0.